The van der Waals surface area contributed by atoms with Crippen LogP contribution in [0.5, 0.6) is 0 Å². The zero-order valence-electron chi connectivity index (χ0n) is 11.9. The molecule has 3 heteroatoms. The number of benzene rings is 1. The fraction of sp³-hybridized carbons (Fsp3) is 0.625. The zero-order chi connectivity index (χ0) is 13.7. The van der Waals surface area contributed by atoms with Crippen LogP contribution in [0, 0.1) is 5.82 Å². The molecule has 1 saturated carbocycles. The molecule has 0 aliphatic heterocycles. The van der Waals surface area contributed by atoms with E-state index < -0.39 is 0 Å². The van der Waals surface area contributed by atoms with Crippen molar-refractivity contribution in [2.24, 2.45) is 0 Å². The summed E-state index contributed by atoms with van der Waals surface area (Å²) in [7, 11) is 0. The number of hydrogen-bond acceptors (Lipinski definition) is 2. The summed E-state index contributed by atoms with van der Waals surface area (Å²) in [6.07, 6.45) is 4.55. The lowest BCUT2D eigenvalue weighted by Gasteiger charge is -2.31. The van der Waals surface area contributed by atoms with E-state index in [1.807, 2.05) is 6.07 Å². The highest BCUT2D eigenvalue weighted by Crippen LogP contribution is 2.33. The van der Waals surface area contributed by atoms with Crippen LogP contribution in [0.4, 0.5) is 4.39 Å². The predicted molar refractivity (Wildman–Crippen MR) is 75.5 cm³/mol. The molecule has 1 aliphatic carbocycles. The van der Waals surface area contributed by atoms with E-state index in [4.69, 9.17) is 4.74 Å². The topological polar surface area (TPSA) is 21.3 Å². The summed E-state index contributed by atoms with van der Waals surface area (Å²) in [5, 5.41) is 3.46. The Bertz CT molecular complexity index is 399. The van der Waals surface area contributed by atoms with Crippen LogP contribution < -0.4 is 5.32 Å². The van der Waals surface area contributed by atoms with Gasteiger partial charge in [-0.05, 0) is 18.9 Å². The summed E-state index contributed by atoms with van der Waals surface area (Å²) in [5.41, 5.74) is 0.547. The van der Waals surface area contributed by atoms with Crippen molar-refractivity contribution in [2.45, 2.75) is 57.8 Å². The van der Waals surface area contributed by atoms with Gasteiger partial charge in [-0.25, -0.2) is 4.39 Å². The standard InChI is InChI=1S/C16H24FNO/c1-13(2)18-12-16(9-5-6-10-16)19-11-14-7-3-4-8-15(14)17/h3-4,7-8,13,18H,5-6,9-12H2,1-2H3. The average molecular weight is 265 g/mol. The van der Waals surface area contributed by atoms with Gasteiger partial charge in [0.05, 0.1) is 12.2 Å². The molecule has 2 nitrogen and oxygen atoms in total. The van der Waals surface area contributed by atoms with Gasteiger partial charge in [-0.2, -0.15) is 0 Å². The van der Waals surface area contributed by atoms with Crippen LogP contribution in [-0.4, -0.2) is 18.2 Å². The van der Waals surface area contributed by atoms with E-state index in [1.54, 1.807) is 12.1 Å². The molecule has 0 radical (unpaired) electrons. The zero-order valence-corrected chi connectivity index (χ0v) is 11.9. The van der Waals surface area contributed by atoms with Gasteiger partial charge in [0.15, 0.2) is 0 Å². The Morgan fingerprint density at radius 2 is 1.95 bits per heavy atom. The molecular weight excluding hydrogens is 241 g/mol. The molecule has 0 spiro atoms. The molecule has 0 aromatic heterocycles. The summed E-state index contributed by atoms with van der Waals surface area (Å²) >= 11 is 0. The van der Waals surface area contributed by atoms with E-state index in [9.17, 15) is 4.39 Å². The van der Waals surface area contributed by atoms with Crippen LogP contribution in [0.2, 0.25) is 0 Å². The minimum Gasteiger partial charge on any atom is -0.369 e. The van der Waals surface area contributed by atoms with E-state index in [0.29, 0.717) is 18.2 Å². The van der Waals surface area contributed by atoms with E-state index in [-0.39, 0.29) is 11.4 Å². The second-order valence-corrected chi connectivity index (χ2v) is 5.81. The van der Waals surface area contributed by atoms with Crippen molar-refractivity contribution in [3.63, 3.8) is 0 Å². The molecule has 1 aromatic rings. The van der Waals surface area contributed by atoms with Crippen LogP contribution in [0.15, 0.2) is 24.3 Å². The van der Waals surface area contributed by atoms with Crippen LogP contribution in [0.1, 0.15) is 45.1 Å². The third kappa shape index (κ3) is 4.02. The maximum Gasteiger partial charge on any atom is 0.128 e. The first kappa shape index (κ1) is 14.5. The Morgan fingerprint density at radius 3 is 2.58 bits per heavy atom. The first-order valence-electron chi connectivity index (χ1n) is 7.22. The second kappa shape index (κ2) is 6.49. The Labute approximate surface area is 115 Å². The molecule has 2 rings (SSSR count). The molecule has 106 valence electrons. The molecular formula is C16H24FNO. The Kier molecular flexibility index (Phi) is 4.94. The van der Waals surface area contributed by atoms with Gasteiger partial charge in [0.2, 0.25) is 0 Å². The molecule has 1 aliphatic rings. The quantitative estimate of drug-likeness (QED) is 0.847. The summed E-state index contributed by atoms with van der Waals surface area (Å²) in [4.78, 5) is 0. The van der Waals surface area contributed by atoms with Gasteiger partial charge in [0.25, 0.3) is 0 Å². The lowest BCUT2D eigenvalue weighted by Crippen LogP contribution is -2.43. The minimum atomic E-state index is -0.174. The SMILES string of the molecule is CC(C)NCC1(OCc2ccccc2F)CCCC1. The largest absolute Gasteiger partial charge is 0.369 e. The van der Waals surface area contributed by atoms with E-state index >= 15 is 0 Å². The highest BCUT2D eigenvalue weighted by atomic mass is 19.1. The van der Waals surface area contributed by atoms with Gasteiger partial charge in [0, 0.05) is 18.2 Å². The number of rotatable bonds is 6. The smallest absolute Gasteiger partial charge is 0.128 e. The van der Waals surface area contributed by atoms with Crippen LogP contribution in [-0.2, 0) is 11.3 Å². The molecule has 0 bridgehead atoms. The Hall–Kier alpha value is -0.930. The van der Waals surface area contributed by atoms with Crippen molar-refractivity contribution in [3.05, 3.63) is 35.6 Å². The van der Waals surface area contributed by atoms with Gasteiger partial charge in [-0.15, -0.1) is 0 Å². The van der Waals surface area contributed by atoms with E-state index in [0.717, 1.165) is 19.4 Å². The number of hydrogen-bond donors (Lipinski definition) is 1. The van der Waals surface area contributed by atoms with Gasteiger partial charge in [0.1, 0.15) is 5.82 Å². The molecule has 1 N–H and O–H groups in total. The fourth-order valence-electron chi connectivity index (χ4n) is 2.63. The maximum absolute atomic E-state index is 13.6. The second-order valence-electron chi connectivity index (χ2n) is 5.81. The number of ether oxygens (including phenoxy) is 1. The van der Waals surface area contributed by atoms with Gasteiger partial charge in [-0.3, -0.25) is 0 Å². The third-order valence-electron chi connectivity index (χ3n) is 3.84. The first-order valence-corrected chi connectivity index (χ1v) is 7.22. The summed E-state index contributed by atoms with van der Waals surface area (Å²) in [6, 6.07) is 7.31. The summed E-state index contributed by atoms with van der Waals surface area (Å²) in [5.74, 6) is -0.174. The molecule has 0 heterocycles. The summed E-state index contributed by atoms with van der Waals surface area (Å²) < 4.78 is 19.7. The van der Waals surface area contributed by atoms with E-state index in [2.05, 4.69) is 19.2 Å². The molecule has 0 atom stereocenters. The molecule has 0 amide bonds. The van der Waals surface area contributed by atoms with Gasteiger partial charge < -0.3 is 10.1 Å². The molecule has 1 aromatic carbocycles. The summed E-state index contributed by atoms with van der Waals surface area (Å²) in [6.45, 7) is 5.50. The Balaban J connectivity index is 1.95. The predicted octanol–water partition coefficient (Wildman–Crippen LogP) is 3.65. The third-order valence-corrected chi connectivity index (χ3v) is 3.84. The average Bonchev–Trinajstić information content (AvgIpc) is 2.85. The molecule has 19 heavy (non-hydrogen) atoms. The minimum absolute atomic E-state index is 0.105. The van der Waals surface area contributed by atoms with Crippen molar-refractivity contribution in [2.75, 3.05) is 6.54 Å². The van der Waals surface area contributed by atoms with Crippen LogP contribution in [0.25, 0.3) is 0 Å². The van der Waals surface area contributed by atoms with Crippen molar-refractivity contribution in [1.82, 2.24) is 5.32 Å². The van der Waals surface area contributed by atoms with Crippen LogP contribution >= 0.6 is 0 Å². The molecule has 0 saturated heterocycles. The van der Waals surface area contributed by atoms with Crippen molar-refractivity contribution >= 4 is 0 Å². The highest BCUT2D eigenvalue weighted by Gasteiger charge is 2.34. The first-order chi connectivity index (χ1) is 9.11. The monoisotopic (exact) mass is 265 g/mol. The highest BCUT2D eigenvalue weighted by molar-refractivity contribution is 5.16. The van der Waals surface area contributed by atoms with E-state index in [1.165, 1.54) is 18.9 Å². The van der Waals surface area contributed by atoms with Crippen molar-refractivity contribution < 1.29 is 9.13 Å². The lowest BCUT2D eigenvalue weighted by molar-refractivity contribution is -0.0523. The fourth-order valence-corrected chi connectivity index (χ4v) is 2.63. The maximum atomic E-state index is 13.6. The van der Waals surface area contributed by atoms with Crippen molar-refractivity contribution in [1.29, 1.82) is 0 Å². The molecule has 1 fully saturated rings. The van der Waals surface area contributed by atoms with Crippen molar-refractivity contribution in [3.8, 4) is 0 Å². The lowest BCUT2D eigenvalue weighted by atomic mass is 10.0. The Morgan fingerprint density at radius 1 is 1.26 bits per heavy atom. The normalized spacial score (nSPS) is 18.1. The van der Waals surface area contributed by atoms with Crippen LogP contribution in [0.3, 0.4) is 0 Å². The number of nitrogens with one attached hydrogen (secondary N) is 1. The number of halogens is 1. The van der Waals surface area contributed by atoms with Gasteiger partial charge >= 0.3 is 0 Å². The molecule has 0 unspecified atom stereocenters. The van der Waals surface area contributed by atoms with Gasteiger partial charge in [-0.1, -0.05) is 44.9 Å².